The molecule has 0 aromatic rings. The van der Waals surface area contributed by atoms with E-state index >= 15 is 0 Å². The maximum Gasteiger partial charge on any atom is 0.135 e. The highest BCUT2D eigenvalue weighted by atomic mass is 16.1. The van der Waals surface area contributed by atoms with E-state index in [9.17, 15) is 4.79 Å². The summed E-state index contributed by atoms with van der Waals surface area (Å²) in [4.78, 5) is 11.3. The molecule has 0 N–H and O–H groups in total. The van der Waals surface area contributed by atoms with E-state index < -0.39 is 0 Å². The Balaban J connectivity index is 2.57. The van der Waals surface area contributed by atoms with Gasteiger partial charge < -0.3 is 0 Å². The first-order valence-corrected chi connectivity index (χ1v) is 4.94. The van der Waals surface area contributed by atoms with E-state index in [1.54, 1.807) is 0 Å². The Bertz CT molecular complexity index is 176. The third-order valence-electron chi connectivity index (χ3n) is 3.15. The molecule has 0 unspecified atom stereocenters. The number of hydrogen-bond acceptors (Lipinski definition) is 1. The zero-order valence-electron chi connectivity index (χ0n) is 8.68. The van der Waals surface area contributed by atoms with Gasteiger partial charge in [0, 0.05) is 12.3 Å². The van der Waals surface area contributed by atoms with Crippen molar-refractivity contribution in [3.8, 4) is 0 Å². The van der Waals surface area contributed by atoms with Gasteiger partial charge in [-0.25, -0.2) is 0 Å². The van der Waals surface area contributed by atoms with E-state index in [4.69, 9.17) is 0 Å². The lowest BCUT2D eigenvalue weighted by molar-refractivity contribution is -0.125. The first kappa shape index (κ1) is 9.76. The van der Waals surface area contributed by atoms with Crippen LogP contribution in [0.4, 0.5) is 0 Å². The molecule has 0 radical (unpaired) electrons. The summed E-state index contributed by atoms with van der Waals surface area (Å²) >= 11 is 0. The topological polar surface area (TPSA) is 17.1 Å². The summed E-state index contributed by atoms with van der Waals surface area (Å²) in [7, 11) is 0. The smallest absolute Gasteiger partial charge is 0.135 e. The fourth-order valence-electron chi connectivity index (χ4n) is 2.03. The molecular weight excluding hydrogens is 148 g/mol. The van der Waals surface area contributed by atoms with Gasteiger partial charge in [-0.2, -0.15) is 0 Å². The van der Waals surface area contributed by atoms with Crippen molar-refractivity contribution < 1.29 is 4.79 Å². The molecule has 0 bridgehead atoms. The van der Waals surface area contributed by atoms with Crippen molar-refractivity contribution in [2.75, 3.05) is 0 Å². The van der Waals surface area contributed by atoms with Crippen molar-refractivity contribution in [2.45, 2.75) is 47.0 Å². The second-order valence-corrected chi connectivity index (χ2v) is 5.20. The van der Waals surface area contributed by atoms with Crippen molar-refractivity contribution in [1.29, 1.82) is 0 Å². The highest BCUT2D eigenvalue weighted by molar-refractivity contribution is 5.81. The van der Waals surface area contributed by atoms with Gasteiger partial charge in [-0.1, -0.05) is 27.7 Å². The molecule has 0 spiro atoms. The van der Waals surface area contributed by atoms with Gasteiger partial charge in [-0.3, -0.25) is 4.79 Å². The van der Waals surface area contributed by atoms with E-state index in [-0.39, 0.29) is 0 Å². The molecule has 0 aromatic carbocycles. The van der Waals surface area contributed by atoms with Gasteiger partial charge in [0.15, 0.2) is 0 Å². The minimum absolute atomic E-state index is 0.308. The maximum atomic E-state index is 11.3. The predicted molar refractivity (Wildman–Crippen MR) is 51.0 cm³/mol. The third-order valence-corrected chi connectivity index (χ3v) is 3.15. The molecule has 0 amide bonds. The molecule has 1 aliphatic rings. The Morgan fingerprint density at radius 3 is 2.33 bits per heavy atom. The summed E-state index contributed by atoms with van der Waals surface area (Å²) in [5, 5.41) is 0. The van der Waals surface area contributed by atoms with Crippen molar-refractivity contribution >= 4 is 5.78 Å². The van der Waals surface area contributed by atoms with Crippen LogP contribution in [-0.2, 0) is 4.79 Å². The largest absolute Gasteiger partial charge is 0.299 e. The Morgan fingerprint density at radius 1 is 1.33 bits per heavy atom. The van der Waals surface area contributed by atoms with Crippen LogP contribution in [0.15, 0.2) is 0 Å². The monoisotopic (exact) mass is 168 g/mol. The van der Waals surface area contributed by atoms with Gasteiger partial charge in [0.25, 0.3) is 0 Å². The molecule has 1 fully saturated rings. The van der Waals surface area contributed by atoms with Gasteiger partial charge in [0.05, 0.1) is 0 Å². The minimum Gasteiger partial charge on any atom is -0.299 e. The standard InChI is InChI=1S/C11H20O/c1-8-7-9(11(2,3)4)5-6-10(8)12/h8-9H,5-7H2,1-4H3/t8-,9+/m1/s1. The summed E-state index contributed by atoms with van der Waals surface area (Å²) in [6, 6.07) is 0. The van der Waals surface area contributed by atoms with Crippen LogP contribution in [0.5, 0.6) is 0 Å². The number of rotatable bonds is 0. The second kappa shape index (κ2) is 3.20. The molecule has 1 nitrogen and oxygen atoms in total. The van der Waals surface area contributed by atoms with Crippen LogP contribution >= 0.6 is 0 Å². The van der Waals surface area contributed by atoms with Crippen LogP contribution < -0.4 is 0 Å². The zero-order chi connectivity index (χ0) is 9.35. The lowest BCUT2D eigenvalue weighted by Crippen LogP contribution is -2.30. The van der Waals surface area contributed by atoms with Crippen molar-refractivity contribution in [1.82, 2.24) is 0 Å². The highest BCUT2D eigenvalue weighted by Crippen LogP contribution is 2.38. The molecule has 0 aromatic heterocycles. The minimum atomic E-state index is 0.308. The number of ketones is 1. The third kappa shape index (κ3) is 2.09. The normalized spacial score (nSPS) is 32.2. The quantitative estimate of drug-likeness (QED) is 0.543. The van der Waals surface area contributed by atoms with E-state index in [0.29, 0.717) is 17.1 Å². The van der Waals surface area contributed by atoms with Crippen LogP contribution in [0.2, 0.25) is 0 Å². The molecule has 0 saturated heterocycles. The van der Waals surface area contributed by atoms with Gasteiger partial charge >= 0.3 is 0 Å². The molecule has 0 heterocycles. The van der Waals surface area contributed by atoms with Gasteiger partial charge in [-0.05, 0) is 24.2 Å². The Kier molecular flexibility index (Phi) is 2.60. The summed E-state index contributed by atoms with van der Waals surface area (Å²) in [5.41, 5.74) is 0.384. The maximum absolute atomic E-state index is 11.3. The van der Waals surface area contributed by atoms with Crippen LogP contribution in [-0.4, -0.2) is 5.78 Å². The lowest BCUT2D eigenvalue weighted by Gasteiger charge is -2.35. The fraction of sp³-hybridized carbons (Fsp3) is 0.909. The van der Waals surface area contributed by atoms with Crippen molar-refractivity contribution in [2.24, 2.45) is 17.3 Å². The van der Waals surface area contributed by atoms with Gasteiger partial charge in [0.2, 0.25) is 0 Å². The predicted octanol–water partition coefficient (Wildman–Crippen LogP) is 3.04. The molecule has 2 atom stereocenters. The second-order valence-electron chi connectivity index (χ2n) is 5.20. The first-order valence-electron chi connectivity index (χ1n) is 4.94. The number of carbonyl (C=O) groups is 1. The summed E-state index contributed by atoms with van der Waals surface area (Å²) in [6.45, 7) is 8.90. The van der Waals surface area contributed by atoms with Crippen LogP contribution in [0, 0.1) is 17.3 Å². The first-order chi connectivity index (χ1) is 5.41. The zero-order valence-corrected chi connectivity index (χ0v) is 8.68. The Hall–Kier alpha value is -0.330. The van der Waals surface area contributed by atoms with E-state index in [0.717, 1.165) is 25.2 Å². The molecule has 70 valence electrons. The van der Waals surface area contributed by atoms with Crippen LogP contribution in [0.1, 0.15) is 47.0 Å². The number of hydrogen-bond donors (Lipinski definition) is 0. The molecule has 1 aliphatic carbocycles. The van der Waals surface area contributed by atoms with E-state index in [2.05, 4.69) is 27.7 Å². The van der Waals surface area contributed by atoms with Gasteiger partial charge in [-0.15, -0.1) is 0 Å². The summed E-state index contributed by atoms with van der Waals surface area (Å²) in [6.07, 6.45) is 3.01. The molecule has 1 heteroatoms. The number of carbonyl (C=O) groups excluding carboxylic acids is 1. The van der Waals surface area contributed by atoms with E-state index in [1.165, 1.54) is 0 Å². The van der Waals surface area contributed by atoms with Crippen molar-refractivity contribution in [3.63, 3.8) is 0 Å². The lowest BCUT2D eigenvalue weighted by atomic mass is 9.69. The molecule has 0 aliphatic heterocycles. The van der Waals surface area contributed by atoms with E-state index in [1.807, 2.05) is 0 Å². The van der Waals surface area contributed by atoms with Crippen LogP contribution in [0.25, 0.3) is 0 Å². The highest BCUT2D eigenvalue weighted by Gasteiger charge is 2.32. The molecular formula is C11H20O. The fourth-order valence-corrected chi connectivity index (χ4v) is 2.03. The summed E-state index contributed by atoms with van der Waals surface area (Å²) < 4.78 is 0. The average molecular weight is 168 g/mol. The van der Waals surface area contributed by atoms with Gasteiger partial charge in [0.1, 0.15) is 5.78 Å². The van der Waals surface area contributed by atoms with Crippen molar-refractivity contribution in [3.05, 3.63) is 0 Å². The average Bonchev–Trinajstić information content (AvgIpc) is 1.92. The molecule has 12 heavy (non-hydrogen) atoms. The molecule has 1 saturated carbocycles. The Morgan fingerprint density at radius 2 is 1.92 bits per heavy atom. The number of Topliss-reactive ketones (excluding diaryl/α,β-unsaturated/α-hetero) is 1. The summed E-state index contributed by atoms with van der Waals surface area (Å²) in [5.74, 6) is 1.52. The van der Waals surface area contributed by atoms with Crippen LogP contribution in [0.3, 0.4) is 0 Å². The SMILES string of the molecule is C[C@@H]1C[C@@H](C(C)(C)C)CCC1=O. The molecule has 1 rings (SSSR count). The Labute approximate surface area is 75.5 Å².